The van der Waals surface area contributed by atoms with E-state index < -0.39 is 10.2 Å². The standard InChI is InChI=1S/C18H27N3O3S/c1-15-6-5-11-21(14-15)25(23,24)19-17-9-12-20(13-10-17)18(22)16-7-3-2-4-8-16/h2-4,7-8,15,17,19H,5-6,9-14H2,1H3/t15-/m0/s1. The second-order valence-corrected chi connectivity index (χ2v) is 8.86. The van der Waals surface area contributed by atoms with E-state index in [1.54, 1.807) is 4.31 Å². The molecule has 25 heavy (non-hydrogen) atoms. The molecule has 0 aliphatic carbocycles. The maximum Gasteiger partial charge on any atom is 0.279 e. The third-order valence-electron chi connectivity index (χ3n) is 5.08. The SMILES string of the molecule is C[C@H]1CCCN(S(=O)(=O)NC2CCN(C(=O)c3ccccc3)CC2)C1. The van der Waals surface area contributed by atoms with Gasteiger partial charge in [0.05, 0.1) is 0 Å². The van der Waals surface area contributed by atoms with Crippen molar-refractivity contribution in [2.75, 3.05) is 26.2 Å². The summed E-state index contributed by atoms with van der Waals surface area (Å²) in [5.41, 5.74) is 0.684. The van der Waals surface area contributed by atoms with Crippen LogP contribution in [0, 0.1) is 5.92 Å². The summed E-state index contributed by atoms with van der Waals surface area (Å²) < 4.78 is 29.6. The van der Waals surface area contributed by atoms with Crippen molar-refractivity contribution in [3.05, 3.63) is 35.9 Å². The van der Waals surface area contributed by atoms with Gasteiger partial charge in [-0.15, -0.1) is 0 Å². The van der Waals surface area contributed by atoms with E-state index in [2.05, 4.69) is 11.6 Å². The number of hydrogen-bond donors (Lipinski definition) is 1. The van der Waals surface area contributed by atoms with Crippen molar-refractivity contribution in [3.63, 3.8) is 0 Å². The van der Waals surface area contributed by atoms with Crippen molar-refractivity contribution in [1.29, 1.82) is 0 Å². The zero-order valence-corrected chi connectivity index (χ0v) is 15.5. The summed E-state index contributed by atoms with van der Waals surface area (Å²) in [4.78, 5) is 14.3. The second kappa shape index (κ2) is 7.85. The van der Waals surface area contributed by atoms with Crippen molar-refractivity contribution >= 4 is 16.1 Å². The van der Waals surface area contributed by atoms with Gasteiger partial charge in [0.2, 0.25) is 0 Å². The van der Waals surface area contributed by atoms with Gasteiger partial charge in [0.15, 0.2) is 0 Å². The number of hydrogen-bond acceptors (Lipinski definition) is 3. The minimum absolute atomic E-state index is 0.0202. The topological polar surface area (TPSA) is 69.7 Å². The molecule has 1 N–H and O–H groups in total. The molecule has 2 fully saturated rings. The highest BCUT2D eigenvalue weighted by Crippen LogP contribution is 2.20. The number of likely N-dealkylation sites (tertiary alicyclic amines) is 1. The maximum absolute atomic E-state index is 12.6. The van der Waals surface area contributed by atoms with Crippen LogP contribution in [0.5, 0.6) is 0 Å². The van der Waals surface area contributed by atoms with E-state index in [4.69, 9.17) is 0 Å². The summed E-state index contributed by atoms with van der Waals surface area (Å²) in [5.74, 6) is 0.433. The summed E-state index contributed by atoms with van der Waals surface area (Å²) in [7, 11) is -3.43. The molecule has 0 radical (unpaired) electrons. The van der Waals surface area contributed by atoms with Gasteiger partial charge in [0, 0.05) is 37.8 Å². The number of benzene rings is 1. The number of rotatable bonds is 4. The summed E-state index contributed by atoms with van der Waals surface area (Å²) in [6.07, 6.45) is 3.32. The molecule has 0 unspecified atom stereocenters. The molecule has 2 saturated heterocycles. The molecular weight excluding hydrogens is 338 g/mol. The number of carbonyl (C=O) groups is 1. The molecule has 1 aromatic rings. The first kappa shape index (κ1) is 18.4. The van der Waals surface area contributed by atoms with Crippen LogP contribution in [0.3, 0.4) is 0 Å². The maximum atomic E-state index is 12.6. The highest BCUT2D eigenvalue weighted by atomic mass is 32.2. The lowest BCUT2D eigenvalue weighted by Gasteiger charge is -2.35. The van der Waals surface area contributed by atoms with Crippen LogP contribution in [0.25, 0.3) is 0 Å². The van der Waals surface area contributed by atoms with E-state index >= 15 is 0 Å². The number of amides is 1. The lowest BCUT2D eigenvalue weighted by Crippen LogP contribution is -2.52. The van der Waals surface area contributed by atoms with Crippen molar-refractivity contribution in [3.8, 4) is 0 Å². The molecule has 7 heteroatoms. The minimum Gasteiger partial charge on any atom is -0.339 e. The Morgan fingerprint density at radius 2 is 1.76 bits per heavy atom. The molecule has 1 amide bonds. The van der Waals surface area contributed by atoms with Crippen LogP contribution < -0.4 is 4.72 Å². The second-order valence-electron chi connectivity index (χ2n) is 7.16. The molecule has 2 heterocycles. The zero-order chi connectivity index (χ0) is 17.9. The summed E-state index contributed by atoms with van der Waals surface area (Å²) in [6, 6.07) is 9.13. The lowest BCUT2D eigenvalue weighted by atomic mass is 10.0. The van der Waals surface area contributed by atoms with E-state index in [0.29, 0.717) is 50.5 Å². The lowest BCUT2D eigenvalue weighted by molar-refractivity contribution is 0.0711. The number of nitrogens with zero attached hydrogens (tertiary/aromatic N) is 2. The molecule has 0 spiro atoms. The molecule has 2 aliphatic rings. The Balaban J connectivity index is 1.53. The van der Waals surface area contributed by atoms with E-state index in [9.17, 15) is 13.2 Å². The van der Waals surface area contributed by atoms with Gasteiger partial charge in [0.1, 0.15) is 0 Å². The Labute approximate surface area is 150 Å². The third kappa shape index (κ3) is 4.59. The van der Waals surface area contributed by atoms with Crippen LogP contribution in [0.4, 0.5) is 0 Å². The average Bonchev–Trinajstić information content (AvgIpc) is 2.62. The van der Waals surface area contributed by atoms with Gasteiger partial charge in [-0.1, -0.05) is 25.1 Å². The first-order valence-corrected chi connectivity index (χ1v) is 10.5. The van der Waals surface area contributed by atoms with Gasteiger partial charge < -0.3 is 4.90 Å². The first-order chi connectivity index (χ1) is 12.0. The van der Waals surface area contributed by atoms with Crippen LogP contribution >= 0.6 is 0 Å². The summed E-state index contributed by atoms with van der Waals surface area (Å²) in [5, 5.41) is 0. The van der Waals surface area contributed by atoms with Gasteiger partial charge in [-0.05, 0) is 43.7 Å². The molecule has 2 aliphatic heterocycles. The minimum atomic E-state index is -3.43. The monoisotopic (exact) mass is 365 g/mol. The fourth-order valence-electron chi connectivity index (χ4n) is 3.61. The predicted octanol–water partition coefficient (Wildman–Crippen LogP) is 1.86. The number of nitrogens with one attached hydrogen (secondary N) is 1. The molecule has 1 aromatic carbocycles. The summed E-state index contributed by atoms with van der Waals surface area (Å²) in [6.45, 7) is 4.45. The molecule has 138 valence electrons. The largest absolute Gasteiger partial charge is 0.339 e. The van der Waals surface area contributed by atoms with E-state index in [1.165, 1.54) is 0 Å². The van der Waals surface area contributed by atoms with Crippen molar-refractivity contribution < 1.29 is 13.2 Å². The Kier molecular flexibility index (Phi) is 5.76. The molecule has 1 atom stereocenters. The third-order valence-corrected chi connectivity index (χ3v) is 6.72. The molecule has 3 rings (SSSR count). The first-order valence-electron chi connectivity index (χ1n) is 9.07. The van der Waals surface area contributed by atoms with Crippen molar-refractivity contribution in [2.24, 2.45) is 5.92 Å². The van der Waals surface area contributed by atoms with Crippen molar-refractivity contribution in [1.82, 2.24) is 13.9 Å². The van der Waals surface area contributed by atoms with E-state index in [-0.39, 0.29) is 11.9 Å². The van der Waals surface area contributed by atoms with Crippen LogP contribution in [0.15, 0.2) is 30.3 Å². The Bertz CT molecular complexity index is 685. The highest BCUT2D eigenvalue weighted by Gasteiger charge is 2.31. The van der Waals surface area contributed by atoms with Crippen molar-refractivity contribution in [2.45, 2.75) is 38.6 Å². The average molecular weight is 365 g/mol. The van der Waals surface area contributed by atoms with E-state index in [0.717, 1.165) is 12.8 Å². The smallest absolute Gasteiger partial charge is 0.279 e. The van der Waals surface area contributed by atoms with Crippen LogP contribution in [0.1, 0.15) is 43.0 Å². The Morgan fingerprint density at radius 1 is 1.08 bits per heavy atom. The van der Waals surface area contributed by atoms with Gasteiger partial charge in [-0.3, -0.25) is 4.79 Å². The highest BCUT2D eigenvalue weighted by molar-refractivity contribution is 7.87. The van der Waals surface area contributed by atoms with Gasteiger partial charge in [0.25, 0.3) is 16.1 Å². The number of piperidine rings is 2. The Morgan fingerprint density at radius 3 is 2.40 bits per heavy atom. The van der Waals surface area contributed by atoms with Gasteiger partial charge >= 0.3 is 0 Å². The molecule has 0 bridgehead atoms. The Hall–Kier alpha value is -1.44. The van der Waals surface area contributed by atoms with Gasteiger partial charge in [-0.2, -0.15) is 17.4 Å². The van der Waals surface area contributed by atoms with Crippen LogP contribution in [-0.2, 0) is 10.2 Å². The fraction of sp³-hybridized carbons (Fsp3) is 0.611. The molecule has 6 nitrogen and oxygen atoms in total. The normalized spacial score (nSPS) is 23.6. The molecule has 0 aromatic heterocycles. The summed E-state index contributed by atoms with van der Waals surface area (Å²) >= 11 is 0. The molecule has 0 saturated carbocycles. The van der Waals surface area contributed by atoms with Crippen LogP contribution in [0.2, 0.25) is 0 Å². The quantitative estimate of drug-likeness (QED) is 0.885. The molecular formula is C18H27N3O3S. The van der Waals surface area contributed by atoms with Crippen LogP contribution in [-0.4, -0.2) is 55.8 Å². The van der Waals surface area contributed by atoms with Gasteiger partial charge in [-0.25, -0.2) is 0 Å². The predicted molar refractivity (Wildman–Crippen MR) is 97.4 cm³/mol. The number of carbonyl (C=O) groups excluding carboxylic acids is 1. The van der Waals surface area contributed by atoms with E-state index in [1.807, 2.05) is 35.2 Å². The zero-order valence-electron chi connectivity index (χ0n) is 14.7. The fourth-order valence-corrected chi connectivity index (χ4v) is 5.24.